The Morgan fingerprint density at radius 2 is 0.841 bits per heavy atom. The zero-order valence-corrected chi connectivity index (χ0v) is 34.4. The number of aromatic nitrogens is 1. The van der Waals surface area contributed by atoms with Crippen LogP contribution in [0.1, 0.15) is 0 Å². The van der Waals surface area contributed by atoms with Crippen LogP contribution in [0.2, 0.25) is 0 Å². The Morgan fingerprint density at radius 1 is 0.302 bits per heavy atom. The summed E-state index contributed by atoms with van der Waals surface area (Å²) in [6, 6.07) is 87.1. The lowest BCUT2D eigenvalue weighted by molar-refractivity contribution is 0.670. The van der Waals surface area contributed by atoms with Gasteiger partial charge in [0.2, 0.25) is 0 Å². The molecule has 0 radical (unpaired) electrons. The summed E-state index contributed by atoms with van der Waals surface area (Å²) in [4.78, 5) is 2.38. The van der Waals surface area contributed by atoms with E-state index >= 15 is 0 Å². The first-order chi connectivity index (χ1) is 31.3. The fourth-order valence-electron chi connectivity index (χ4n) is 9.59. The summed E-state index contributed by atoms with van der Waals surface area (Å²) < 4.78 is 9.07. The van der Waals surface area contributed by atoms with Crippen LogP contribution in [0.3, 0.4) is 0 Å². The fourth-order valence-corrected chi connectivity index (χ4v) is 9.59. The quantitative estimate of drug-likeness (QED) is 0.153. The van der Waals surface area contributed by atoms with Gasteiger partial charge in [-0.05, 0) is 88.0 Å². The van der Waals surface area contributed by atoms with Crippen molar-refractivity contribution in [2.75, 3.05) is 4.90 Å². The first kappa shape index (κ1) is 36.5. The van der Waals surface area contributed by atoms with E-state index in [0.29, 0.717) is 0 Å². The lowest BCUT2D eigenvalue weighted by Crippen LogP contribution is -2.10. The zero-order chi connectivity index (χ0) is 41.7. The standard InChI is InChI=1S/C60H40N2O/c1-4-19-41(20-5-1)46-25-10-11-26-47(46)49-27-12-15-32-56(49)62-57-33-16-13-28-50(57)51-38-36-45(40-58(51)62)61(43-23-8-3-9-24-43)44-35-37-48(55(39-44)42-21-6-2-7-22-42)53-30-18-31-54-52-29-14-17-34-59(52)63-60(53)54/h1-40H. The average molecular weight is 805 g/mol. The summed E-state index contributed by atoms with van der Waals surface area (Å²) in [5, 5.41) is 4.66. The van der Waals surface area contributed by atoms with E-state index in [1.54, 1.807) is 0 Å². The molecule has 0 saturated heterocycles. The number of para-hydroxylation sites is 5. The first-order valence-corrected chi connectivity index (χ1v) is 21.5. The van der Waals surface area contributed by atoms with Gasteiger partial charge in [-0.3, -0.25) is 0 Å². The van der Waals surface area contributed by atoms with E-state index in [1.807, 2.05) is 6.07 Å². The molecule has 0 bridgehead atoms. The predicted octanol–water partition coefficient (Wildman–Crippen LogP) is 16.8. The van der Waals surface area contributed by atoms with Gasteiger partial charge in [0.05, 0.1) is 16.7 Å². The van der Waals surface area contributed by atoms with Gasteiger partial charge in [-0.2, -0.15) is 0 Å². The van der Waals surface area contributed by atoms with Crippen LogP contribution in [0.5, 0.6) is 0 Å². The molecule has 10 aromatic carbocycles. The van der Waals surface area contributed by atoms with Crippen molar-refractivity contribution < 1.29 is 4.42 Å². The van der Waals surface area contributed by atoms with Gasteiger partial charge in [-0.15, -0.1) is 0 Å². The molecule has 2 heterocycles. The Kier molecular flexibility index (Phi) is 8.83. The number of hydrogen-bond acceptors (Lipinski definition) is 2. The zero-order valence-electron chi connectivity index (χ0n) is 34.4. The van der Waals surface area contributed by atoms with E-state index in [0.717, 1.165) is 78.0 Å². The molecular formula is C60H40N2O. The van der Waals surface area contributed by atoms with E-state index in [9.17, 15) is 0 Å². The van der Waals surface area contributed by atoms with Gasteiger partial charge in [0, 0.05) is 49.7 Å². The van der Waals surface area contributed by atoms with Crippen molar-refractivity contribution in [3.8, 4) is 50.2 Å². The predicted molar refractivity (Wildman–Crippen MR) is 264 cm³/mol. The molecule has 0 amide bonds. The maximum Gasteiger partial charge on any atom is 0.143 e. The van der Waals surface area contributed by atoms with Crippen LogP contribution in [0, 0.1) is 0 Å². The molecule has 0 N–H and O–H groups in total. The Balaban J connectivity index is 1.08. The minimum absolute atomic E-state index is 0.893. The number of fused-ring (bicyclic) bond motifs is 6. The van der Waals surface area contributed by atoms with Crippen LogP contribution in [-0.2, 0) is 0 Å². The molecule has 2 aromatic heterocycles. The molecular weight excluding hydrogens is 765 g/mol. The number of furan rings is 1. The molecule has 3 nitrogen and oxygen atoms in total. The Hall–Kier alpha value is -8.40. The van der Waals surface area contributed by atoms with Crippen molar-refractivity contribution >= 4 is 60.8 Å². The third-order valence-electron chi connectivity index (χ3n) is 12.4. The molecule has 0 fully saturated rings. The molecule has 0 aliphatic heterocycles. The van der Waals surface area contributed by atoms with Gasteiger partial charge in [0.1, 0.15) is 11.2 Å². The van der Waals surface area contributed by atoms with E-state index in [-0.39, 0.29) is 0 Å². The van der Waals surface area contributed by atoms with Crippen LogP contribution in [0.15, 0.2) is 247 Å². The number of anilines is 3. The molecule has 296 valence electrons. The van der Waals surface area contributed by atoms with E-state index < -0.39 is 0 Å². The van der Waals surface area contributed by atoms with Crippen LogP contribution < -0.4 is 4.90 Å². The summed E-state index contributed by atoms with van der Waals surface area (Å²) in [6.45, 7) is 0. The second-order valence-corrected chi connectivity index (χ2v) is 16.0. The Bertz CT molecular complexity index is 3620. The van der Waals surface area contributed by atoms with E-state index in [1.165, 1.54) is 33.0 Å². The van der Waals surface area contributed by atoms with Gasteiger partial charge < -0.3 is 13.9 Å². The highest BCUT2D eigenvalue weighted by Crippen LogP contribution is 2.46. The van der Waals surface area contributed by atoms with Crippen molar-refractivity contribution in [3.63, 3.8) is 0 Å². The van der Waals surface area contributed by atoms with Gasteiger partial charge in [-0.1, -0.05) is 188 Å². The molecule has 3 heteroatoms. The largest absolute Gasteiger partial charge is 0.455 e. The number of hydrogen-bond donors (Lipinski definition) is 0. The van der Waals surface area contributed by atoms with Crippen molar-refractivity contribution in [1.29, 1.82) is 0 Å². The van der Waals surface area contributed by atoms with Gasteiger partial charge in [-0.25, -0.2) is 0 Å². The highest BCUT2D eigenvalue weighted by Gasteiger charge is 2.22. The fraction of sp³-hybridized carbons (Fsp3) is 0. The summed E-state index contributed by atoms with van der Waals surface area (Å²) in [6.07, 6.45) is 0. The van der Waals surface area contributed by atoms with Crippen LogP contribution in [0.25, 0.3) is 93.9 Å². The second-order valence-electron chi connectivity index (χ2n) is 16.0. The van der Waals surface area contributed by atoms with Crippen LogP contribution >= 0.6 is 0 Å². The lowest BCUT2D eigenvalue weighted by Gasteiger charge is -2.27. The SMILES string of the molecule is c1ccc(-c2ccccc2-c2ccccc2-n2c3ccccc3c3ccc(N(c4ccccc4)c4ccc(-c5cccc6c5oc5ccccc56)c(-c5ccccc5)c4)cc32)cc1. The molecule has 0 aliphatic rings. The van der Waals surface area contributed by atoms with Gasteiger partial charge >= 0.3 is 0 Å². The lowest BCUT2D eigenvalue weighted by atomic mass is 9.92. The third-order valence-corrected chi connectivity index (χ3v) is 12.4. The Labute approximate surface area is 366 Å². The first-order valence-electron chi connectivity index (χ1n) is 21.5. The second kappa shape index (κ2) is 15.3. The van der Waals surface area contributed by atoms with Crippen molar-refractivity contribution in [1.82, 2.24) is 4.57 Å². The highest BCUT2D eigenvalue weighted by molar-refractivity contribution is 6.12. The number of rotatable bonds is 8. The maximum atomic E-state index is 6.61. The monoisotopic (exact) mass is 804 g/mol. The van der Waals surface area contributed by atoms with Crippen molar-refractivity contribution in [2.24, 2.45) is 0 Å². The molecule has 12 rings (SSSR count). The number of nitrogens with zero attached hydrogens (tertiary/aromatic N) is 2. The molecule has 0 spiro atoms. The average Bonchev–Trinajstić information content (AvgIpc) is 3.91. The molecule has 0 unspecified atom stereocenters. The molecule has 0 saturated carbocycles. The molecule has 63 heavy (non-hydrogen) atoms. The maximum absolute atomic E-state index is 6.61. The van der Waals surface area contributed by atoms with Crippen LogP contribution in [-0.4, -0.2) is 4.57 Å². The summed E-state index contributed by atoms with van der Waals surface area (Å²) in [5.41, 5.74) is 17.6. The smallest absolute Gasteiger partial charge is 0.143 e. The topological polar surface area (TPSA) is 21.3 Å². The van der Waals surface area contributed by atoms with E-state index in [2.05, 4.69) is 246 Å². The van der Waals surface area contributed by atoms with Crippen LogP contribution in [0.4, 0.5) is 17.1 Å². The minimum atomic E-state index is 0.893. The van der Waals surface area contributed by atoms with Gasteiger partial charge in [0.25, 0.3) is 0 Å². The summed E-state index contributed by atoms with van der Waals surface area (Å²) in [5.74, 6) is 0. The Morgan fingerprint density at radius 3 is 1.63 bits per heavy atom. The number of benzene rings is 10. The highest BCUT2D eigenvalue weighted by atomic mass is 16.3. The minimum Gasteiger partial charge on any atom is -0.455 e. The molecule has 0 aliphatic carbocycles. The van der Waals surface area contributed by atoms with Crippen molar-refractivity contribution in [3.05, 3.63) is 243 Å². The van der Waals surface area contributed by atoms with Gasteiger partial charge in [0.15, 0.2) is 0 Å². The molecule has 12 aromatic rings. The molecule has 0 atom stereocenters. The summed E-state index contributed by atoms with van der Waals surface area (Å²) >= 11 is 0. The van der Waals surface area contributed by atoms with Crippen molar-refractivity contribution in [2.45, 2.75) is 0 Å². The third kappa shape index (κ3) is 6.21. The summed E-state index contributed by atoms with van der Waals surface area (Å²) in [7, 11) is 0. The normalized spacial score (nSPS) is 11.5. The van der Waals surface area contributed by atoms with E-state index in [4.69, 9.17) is 4.42 Å².